The highest BCUT2D eigenvalue weighted by atomic mass is 19.4. The summed E-state index contributed by atoms with van der Waals surface area (Å²) in [5.41, 5.74) is 0.231. The van der Waals surface area contributed by atoms with Crippen LogP contribution in [0.2, 0.25) is 0 Å². The number of hydrogen-bond donors (Lipinski definition) is 1. The van der Waals surface area contributed by atoms with Gasteiger partial charge in [-0.2, -0.15) is 13.2 Å². The van der Waals surface area contributed by atoms with Gasteiger partial charge in [0.1, 0.15) is 18.6 Å². The van der Waals surface area contributed by atoms with E-state index in [4.69, 9.17) is 9.26 Å². The molecule has 1 saturated heterocycles. The number of aromatic nitrogens is 1. The van der Waals surface area contributed by atoms with Crippen LogP contribution in [0.3, 0.4) is 0 Å². The van der Waals surface area contributed by atoms with Gasteiger partial charge in [0.2, 0.25) is 0 Å². The van der Waals surface area contributed by atoms with Gasteiger partial charge in [0, 0.05) is 45.3 Å². The summed E-state index contributed by atoms with van der Waals surface area (Å²) < 4.78 is 48.2. The van der Waals surface area contributed by atoms with Crippen LogP contribution in [0.5, 0.6) is 5.75 Å². The van der Waals surface area contributed by atoms with Gasteiger partial charge in [0.15, 0.2) is 5.96 Å². The zero-order chi connectivity index (χ0) is 21.4. The summed E-state index contributed by atoms with van der Waals surface area (Å²) >= 11 is 0. The van der Waals surface area contributed by atoms with Crippen LogP contribution < -0.4 is 10.1 Å². The molecule has 1 aliphatic rings. The number of piperazine rings is 1. The van der Waals surface area contributed by atoms with Crippen LogP contribution in [0, 0.1) is 0 Å². The Hall–Kier alpha value is -2.75. The standard InChI is InChI=1S/C20H26F3N5O2/c1-2-24-19(28-11-9-27(10-12-28)15-17-7-13-30-26-17)25-8-14-29-18-5-3-16(4-6-18)20(21,22)23/h3-7,13H,2,8-12,14-15H2,1H3,(H,24,25). The zero-order valence-electron chi connectivity index (χ0n) is 16.9. The van der Waals surface area contributed by atoms with E-state index in [2.05, 4.69) is 25.3 Å². The number of rotatable bonds is 7. The number of nitrogens with one attached hydrogen (secondary N) is 1. The zero-order valence-corrected chi connectivity index (χ0v) is 16.9. The Balaban J connectivity index is 1.45. The number of aliphatic imine (C=N–C) groups is 1. The fraction of sp³-hybridized carbons (Fsp3) is 0.500. The minimum atomic E-state index is -4.34. The first kappa shape index (κ1) is 21.9. The van der Waals surface area contributed by atoms with Crippen LogP contribution in [0.4, 0.5) is 13.2 Å². The SMILES string of the molecule is CCNC(=NCCOc1ccc(C(F)(F)F)cc1)N1CCN(Cc2ccon2)CC1. The predicted octanol–water partition coefficient (Wildman–Crippen LogP) is 2.86. The number of guanidine groups is 1. The molecule has 2 heterocycles. The van der Waals surface area contributed by atoms with E-state index >= 15 is 0 Å². The Morgan fingerprint density at radius 3 is 2.50 bits per heavy atom. The van der Waals surface area contributed by atoms with Gasteiger partial charge >= 0.3 is 6.18 Å². The van der Waals surface area contributed by atoms with Gasteiger partial charge in [0.05, 0.1) is 17.8 Å². The number of alkyl halides is 3. The molecule has 164 valence electrons. The lowest BCUT2D eigenvalue weighted by Gasteiger charge is -2.36. The highest BCUT2D eigenvalue weighted by molar-refractivity contribution is 5.80. The van der Waals surface area contributed by atoms with Crippen molar-refractivity contribution in [3.8, 4) is 5.75 Å². The molecule has 30 heavy (non-hydrogen) atoms. The van der Waals surface area contributed by atoms with E-state index in [-0.39, 0.29) is 6.61 Å². The van der Waals surface area contributed by atoms with Gasteiger partial charge in [-0.1, -0.05) is 5.16 Å². The minimum absolute atomic E-state index is 0.284. The second kappa shape index (κ2) is 10.3. The van der Waals surface area contributed by atoms with E-state index in [9.17, 15) is 13.2 Å². The molecule has 3 rings (SSSR count). The average molecular weight is 425 g/mol. The van der Waals surface area contributed by atoms with E-state index < -0.39 is 11.7 Å². The molecule has 10 heteroatoms. The monoisotopic (exact) mass is 425 g/mol. The van der Waals surface area contributed by atoms with Gasteiger partial charge in [-0.05, 0) is 31.2 Å². The Morgan fingerprint density at radius 1 is 1.17 bits per heavy atom. The van der Waals surface area contributed by atoms with Gasteiger partial charge in [-0.15, -0.1) is 0 Å². The molecule has 1 N–H and O–H groups in total. The lowest BCUT2D eigenvalue weighted by atomic mass is 10.2. The molecule has 7 nitrogen and oxygen atoms in total. The molecule has 1 aromatic heterocycles. The minimum Gasteiger partial charge on any atom is -0.492 e. The first-order chi connectivity index (χ1) is 14.5. The van der Waals surface area contributed by atoms with Crippen molar-refractivity contribution in [3.63, 3.8) is 0 Å². The average Bonchev–Trinajstić information content (AvgIpc) is 3.24. The third-order valence-electron chi connectivity index (χ3n) is 4.69. The Kier molecular flexibility index (Phi) is 7.56. The van der Waals surface area contributed by atoms with Crippen molar-refractivity contribution in [2.45, 2.75) is 19.6 Å². The maximum atomic E-state index is 12.6. The first-order valence-electron chi connectivity index (χ1n) is 9.90. The van der Waals surface area contributed by atoms with E-state index in [1.807, 2.05) is 13.0 Å². The third-order valence-corrected chi connectivity index (χ3v) is 4.69. The molecule has 0 atom stereocenters. The number of hydrogen-bond acceptors (Lipinski definition) is 5. The molecule has 2 aromatic rings. The summed E-state index contributed by atoms with van der Waals surface area (Å²) in [5.74, 6) is 1.21. The van der Waals surface area contributed by atoms with E-state index in [1.165, 1.54) is 12.1 Å². The van der Waals surface area contributed by atoms with Gasteiger partial charge in [-0.3, -0.25) is 4.90 Å². The van der Waals surface area contributed by atoms with Crippen molar-refractivity contribution in [2.75, 3.05) is 45.9 Å². The van der Waals surface area contributed by atoms with Crippen LogP contribution in [0.25, 0.3) is 0 Å². The topological polar surface area (TPSA) is 66.1 Å². The first-order valence-corrected chi connectivity index (χ1v) is 9.90. The van der Waals surface area contributed by atoms with Gasteiger partial charge in [-0.25, -0.2) is 4.99 Å². The fourth-order valence-electron chi connectivity index (χ4n) is 3.15. The molecule has 0 bridgehead atoms. The summed E-state index contributed by atoms with van der Waals surface area (Å²) in [6.07, 6.45) is -2.77. The Labute approximate surface area is 173 Å². The van der Waals surface area contributed by atoms with Crippen LogP contribution >= 0.6 is 0 Å². The molecule has 0 amide bonds. The lowest BCUT2D eigenvalue weighted by molar-refractivity contribution is -0.137. The molecule has 1 aliphatic heterocycles. The molecule has 0 aliphatic carbocycles. The molecule has 0 unspecified atom stereocenters. The molecule has 1 fully saturated rings. The largest absolute Gasteiger partial charge is 0.492 e. The molecule has 0 radical (unpaired) electrons. The summed E-state index contributed by atoms with van der Waals surface area (Å²) in [5, 5.41) is 7.23. The smallest absolute Gasteiger partial charge is 0.416 e. The highest BCUT2D eigenvalue weighted by Crippen LogP contribution is 2.30. The third kappa shape index (κ3) is 6.38. The number of benzene rings is 1. The number of ether oxygens (including phenoxy) is 1. The summed E-state index contributed by atoms with van der Waals surface area (Å²) in [6, 6.07) is 6.55. The Morgan fingerprint density at radius 2 is 1.90 bits per heavy atom. The maximum Gasteiger partial charge on any atom is 0.416 e. The quantitative estimate of drug-likeness (QED) is 0.418. The second-order valence-corrected chi connectivity index (χ2v) is 6.86. The highest BCUT2D eigenvalue weighted by Gasteiger charge is 2.30. The molecular weight excluding hydrogens is 399 g/mol. The van der Waals surface area contributed by atoms with Crippen LogP contribution in [0.15, 0.2) is 46.1 Å². The molecule has 0 saturated carbocycles. The predicted molar refractivity (Wildman–Crippen MR) is 106 cm³/mol. The fourth-order valence-corrected chi connectivity index (χ4v) is 3.15. The van der Waals surface area contributed by atoms with Crippen molar-refractivity contribution >= 4 is 5.96 Å². The number of nitrogens with zero attached hydrogens (tertiary/aromatic N) is 4. The summed E-state index contributed by atoms with van der Waals surface area (Å²) in [7, 11) is 0. The van der Waals surface area contributed by atoms with E-state index in [1.54, 1.807) is 6.26 Å². The van der Waals surface area contributed by atoms with Gasteiger partial charge < -0.3 is 19.5 Å². The van der Waals surface area contributed by atoms with Crippen molar-refractivity contribution in [2.24, 2.45) is 4.99 Å². The van der Waals surface area contributed by atoms with E-state index in [0.717, 1.165) is 63.1 Å². The molecule has 1 aromatic carbocycles. The lowest BCUT2D eigenvalue weighted by Crippen LogP contribution is -2.52. The van der Waals surface area contributed by atoms with Crippen molar-refractivity contribution in [1.29, 1.82) is 0 Å². The summed E-state index contributed by atoms with van der Waals surface area (Å²) in [6.45, 7) is 7.66. The van der Waals surface area contributed by atoms with Crippen LogP contribution in [-0.4, -0.2) is 66.8 Å². The maximum absolute atomic E-state index is 12.6. The number of halogens is 3. The normalized spacial score (nSPS) is 16.0. The van der Waals surface area contributed by atoms with E-state index in [0.29, 0.717) is 12.3 Å². The van der Waals surface area contributed by atoms with Crippen molar-refractivity contribution in [3.05, 3.63) is 47.9 Å². The molecular formula is C20H26F3N5O2. The van der Waals surface area contributed by atoms with Crippen LogP contribution in [0.1, 0.15) is 18.2 Å². The van der Waals surface area contributed by atoms with Crippen molar-refractivity contribution < 1.29 is 22.4 Å². The van der Waals surface area contributed by atoms with Gasteiger partial charge in [0.25, 0.3) is 0 Å². The second-order valence-electron chi connectivity index (χ2n) is 6.86. The van der Waals surface area contributed by atoms with Crippen LogP contribution in [-0.2, 0) is 12.7 Å². The Bertz CT molecular complexity index is 786. The summed E-state index contributed by atoms with van der Waals surface area (Å²) in [4.78, 5) is 9.10. The molecule has 0 spiro atoms. The van der Waals surface area contributed by atoms with Crippen molar-refractivity contribution in [1.82, 2.24) is 20.3 Å².